The molecule has 1 fully saturated rings. The Morgan fingerprint density at radius 1 is 1.63 bits per heavy atom. The first-order valence-corrected chi connectivity index (χ1v) is 7.69. The highest BCUT2D eigenvalue weighted by Gasteiger charge is 2.50. The molecule has 1 aliphatic rings. The molecule has 0 aliphatic heterocycles. The van der Waals surface area contributed by atoms with E-state index in [0.29, 0.717) is 11.7 Å². The summed E-state index contributed by atoms with van der Waals surface area (Å²) < 4.78 is 5.29. The SMILES string of the molecule is Cc1occc1SCC(NC(C)C)(C(N)=O)C1CC1. The van der Waals surface area contributed by atoms with E-state index >= 15 is 0 Å². The lowest BCUT2D eigenvalue weighted by Gasteiger charge is -2.33. The predicted octanol–water partition coefficient (Wildman–Crippen LogP) is 2.31. The minimum atomic E-state index is -0.595. The Labute approximate surface area is 118 Å². The summed E-state index contributed by atoms with van der Waals surface area (Å²) in [5, 5.41) is 3.41. The minimum absolute atomic E-state index is 0.235. The third kappa shape index (κ3) is 3.15. The number of nitrogens with two attached hydrogens (primary N) is 1. The second kappa shape index (κ2) is 5.59. The van der Waals surface area contributed by atoms with Gasteiger partial charge in [0.15, 0.2) is 0 Å². The summed E-state index contributed by atoms with van der Waals surface area (Å²) in [5.41, 5.74) is 5.11. The predicted molar refractivity (Wildman–Crippen MR) is 77.1 cm³/mol. The van der Waals surface area contributed by atoms with Gasteiger partial charge in [-0.3, -0.25) is 4.79 Å². The zero-order valence-electron chi connectivity index (χ0n) is 11.7. The van der Waals surface area contributed by atoms with Gasteiger partial charge in [-0.2, -0.15) is 0 Å². The maximum absolute atomic E-state index is 12.0. The molecule has 1 aromatic rings. The van der Waals surface area contributed by atoms with Crippen LogP contribution in [0.2, 0.25) is 0 Å². The van der Waals surface area contributed by atoms with Gasteiger partial charge < -0.3 is 15.5 Å². The van der Waals surface area contributed by atoms with Gasteiger partial charge in [0.1, 0.15) is 11.3 Å². The Balaban J connectivity index is 2.13. The van der Waals surface area contributed by atoms with Gasteiger partial charge in [0, 0.05) is 16.7 Å². The number of carbonyl (C=O) groups excluding carboxylic acids is 1. The van der Waals surface area contributed by atoms with Gasteiger partial charge >= 0.3 is 0 Å². The molecule has 106 valence electrons. The zero-order chi connectivity index (χ0) is 14.0. The van der Waals surface area contributed by atoms with E-state index in [9.17, 15) is 4.79 Å². The third-order valence-corrected chi connectivity index (χ3v) is 4.86. The third-order valence-electron chi connectivity index (χ3n) is 3.53. The molecular weight excluding hydrogens is 260 g/mol. The van der Waals surface area contributed by atoms with Crippen LogP contribution < -0.4 is 11.1 Å². The van der Waals surface area contributed by atoms with Crippen molar-refractivity contribution in [2.45, 2.75) is 50.1 Å². The fraction of sp³-hybridized carbons (Fsp3) is 0.643. The molecular formula is C14H22N2O2S. The van der Waals surface area contributed by atoms with E-state index in [-0.39, 0.29) is 11.9 Å². The Hall–Kier alpha value is -0.940. The number of furan rings is 1. The molecule has 3 N–H and O–H groups in total. The molecule has 0 radical (unpaired) electrons. The van der Waals surface area contributed by atoms with Crippen LogP contribution in [-0.4, -0.2) is 23.2 Å². The van der Waals surface area contributed by atoms with Gasteiger partial charge in [0.25, 0.3) is 0 Å². The van der Waals surface area contributed by atoms with Crippen molar-refractivity contribution in [3.63, 3.8) is 0 Å². The van der Waals surface area contributed by atoms with Crippen LogP contribution in [0, 0.1) is 12.8 Å². The summed E-state index contributed by atoms with van der Waals surface area (Å²) in [4.78, 5) is 13.1. The number of rotatable bonds is 7. The van der Waals surface area contributed by atoms with Crippen LogP contribution in [-0.2, 0) is 4.79 Å². The van der Waals surface area contributed by atoms with E-state index in [1.165, 1.54) is 0 Å². The molecule has 1 aromatic heterocycles. The van der Waals surface area contributed by atoms with Gasteiger partial charge in [-0.1, -0.05) is 0 Å². The maximum Gasteiger partial charge on any atom is 0.238 e. The molecule has 4 nitrogen and oxygen atoms in total. The van der Waals surface area contributed by atoms with Crippen LogP contribution in [0.15, 0.2) is 21.6 Å². The van der Waals surface area contributed by atoms with Crippen LogP contribution in [0.1, 0.15) is 32.4 Å². The van der Waals surface area contributed by atoms with E-state index in [4.69, 9.17) is 10.2 Å². The van der Waals surface area contributed by atoms with E-state index < -0.39 is 5.54 Å². The van der Waals surface area contributed by atoms with Crippen LogP contribution in [0.4, 0.5) is 0 Å². The van der Waals surface area contributed by atoms with Crippen molar-refractivity contribution in [1.29, 1.82) is 0 Å². The lowest BCUT2D eigenvalue weighted by molar-refractivity contribution is -0.124. The Morgan fingerprint density at radius 2 is 2.32 bits per heavy atom. The molecule has 0 bridgehead atoms. The second-order valence-electron chi connectivity index (χ2n) is 5.54. The first-order valence-electron chi connectivity index (χ1n) is 6.70. The Morgan fingerprint density at radius 3 is 2.74 bits per heavy atom. The maximum atomic E-state index is 12.0. The van der Waals surface area contributed by atoms with Crippen LogP contribution >= 0.6 is 11.8 Å². The first kappa shape index (κ1) is 14.5. The van der Waals surface area contributed by atoms with Gasteiger partial charge in [0.05, 0.1) is 6.26 Å². The number of hydrogen-bond acceptors (Lipinski definition) is 4. The summed E-state index contributed by atoms with van der Waals surface area (Å²) >= 11 is 1.64. The summed E-state index contributed by atoms with van der Waals surface area (Å²) in [6, 6.07) is 2.17. The number of nitrogens with one attached hydrogen (secondary N) is 1. The largest absolute Gasteiger partial charge is 0.468 e. The fourth-order valence-corrected chi connectivity index (χ4v) is 3.67. The average molecular weight is 282 g/mol. The summed E-state index contributed by atoms with van der Waals surface area (Å²) in [7, 11) is 0. The molecule has 0 saturated heterocycles. The normalized spacial score (nSPS) is 18.5. The zero-order valence-corrected chi connectivity index (χ0v) is 12.5. The molecule has 1 aliphatic carbocycles. The van der Waals surface area contributed by atoms with Crippen molar-refractivity contribution < 1.29 is 9.21 Å². The molecule has 19 heavy (non-hydrogen) atoms. The number of thioether (sulfide) groups is 1. The van der Waals surface area contributed by atoms with Crippen molar-refractivity contribution in [3.05, 3.63) is 18.1 Å². The molecule has 1 amide bonds. The van der Waals surface area contributed by atoms with Crippen molar-refractivity contribution in [2.75, 3.05) is 5.75 Å². The summed E-state index contributed by atoms with van der Waals surface area (Å²) in [5.74, 6) is 1.68. The molecule has 2 rings (SSSR count). The first-order chi connectivity index (χ1) is 8.95. The van der Waals surface area contributed by atoms with Gasteiger partial charge in [-0.15, -0.1) is 11.8 Å². The van der Waals surface area contributed by atoms with Crippen molar-refractivity contribution in [2.24, 2.45) is 11.7 Å². The lowest BCUT2D eigenvalue weighted by atomic mass is 9.93. The van der Waals surface area contributed by atoms with Crippen molar-refractivity contribution in [1.82, 2.24) is 5.32 Å². The molecule has 0 spiro atoms. The highest BCUT2D eigenvalue weighted by molar-refractivity contribution is 7.99. The topological polar surface area (TPSA) is 68.3 Å². The quantitative estimate of drug-likeness (QED) is 0.753. The fourth-order valence-electron chi connectivity index (χ4n) is 2.43. The van der Waals surface area contributed by atoms with E-state index in [2.05, 4.69) is 5.32 Å². The molecule has 1 unspecified atom stereocenters. The molecule has 1 saturated carbocycles. The van der Waals surface area contributed by atoms with Crippen LogP contribution in [0.25, 0.3) is 0 Å². The van der Waals surface area contributed by atoms with E-state index in [0.717, 1.165) is 23.5 Å². The number of amides is 1. The van der Waals surface area contributed by atoms with E-state index in [1.54, 1.807) is 18.0 Å². The number of primary amides is 1. The van der Waals surface area contributed by atoms with Gasteiger partial charge in [0.2, 0.25) is 5.91 Å². The van der Waals surface area contributed by atoms with E-state index in [1.807, 2.05) is 26.8 Å². The number of carbonyl (C=O) groups is 1. The van der Waals surface area contributed by atoms with Gasteiger partial charge in [-0.05, 0) is 45.6 Å². The minimum Gasteiger partial charge on any atom is -0.468 e. The Kier molecular flexibility index (Phi) is 4.26. The highest BCUT2D eigenvalue weighted by Crippen LogP contribution is 2.43. The van der Waals surface area contributed by atoms with Crippen LogP contribution in [0.5, 0.6) is 0 Å². The second-order valence-corrected chi connectivity index (χ2v) is 6.56. The standard InChI is InChI=1S/C14H22N2O2S/c1-9(2)16-14(13(15)17,11-4-5-11)8-19-12-6-7-18-10(12)3/h6-7,9,11,16H,4-5,8H2,1-3H3,(H2,15,17). The molecule has 1 heterocycles. The number of hydrogen-bond donors (Lipinski definition) is 2. The summed E-state index contributed by atoms with van der Waals surface area (Å²) in [6.07, 6.45) is 3.83. The summed E-state index contributed by atoms with van der Waals surface area (Å²) in [6.45, 7) is 6.03. The molecule has 0 aromatic carbocycles. The van der Waals surface area contributed by atoms with Crippen LogP contribution in [0.3, 0.4) is 0 Å². The highest BCUT2D eigenvalue weighted by atomic mass is 32.2. The van der Waals surface area contributed by atoms with Crippen molar-refractivity contribution in [3.8, 4) is 0 Å². The monoisotopic (exact) mass is 282 g/mol. The van der Waals surface area contributed by atoms with Crippen molar-refractivity contribution >= 4 is 17.7 Å². The smallest absolute Gasteiger partial charge is 0.238 e. The number of aryl methyl sites for hydroxylation is 1. The molecule has 5 heteroatoms. The van der Waals surface area contributed by atoms with Gasteiger partial charge in [-0.25, -0.2) is 0 Å². The Bertz CT molecular complexity index is 454. The lowest BCUT2D eigenvalue weighted by Crippen LogP contribution is -2.61. The average Bonchev–Trinajstić information content (AvgIpc) is 3.09. The molecule has 1 atom stereocenters.